The first kappa shape index (κ1) is 7.88. The molecule has 0 aromatic rings. The second-order valence-electron chi connectivity index (χ2n) is 1.99. The summed E-state index contributed by atoms with van der Waals surface area (Å²) in [5.41, 5.74) is 0. The molecular formula is C5H14N2O. The lowest BCUT2D eigenvalue weighted by Gasteiger charge is -2.14. The van der Waals surface area contributed by atoms with Crippen molar-refractivity contribution in [3.05, 3.63) is 0 Å². The molecule has 8 heavy (non-hydrogen) atoms. The number of nitrogens with zero attached hydrogens (tertiary/aromatic N) is 1. The van der Waals surface area contributed by atoms with Crippen molar-refractivity contribution in [2.24, 2.45) is 5.84 Å². The van der Waals surface area contributed by atoms with E-state index >= 15 is 0 Å². The maximum absolute atomic E-state index is 5.32. The van der Waals surface area contributed by atoms with Crippen LogP contribution in [0.25, 0.3) is 0 Å². The van der Waals surface area contributed by atoms with Crippen molar-refractivity contribution < 1.29 is 4.74 Å². The molecule has 0 fully saturated rings. The van der Waals surface area contributed by atoms with Crippen molar-refractivity contribution in [3.8, 4) is 0 Å². The molecule has 0 aromatic heterocycles. The number of ether oxygens (including phenoxy) is 1. The van der Waals surface area contributed by atoms with E-state index in [9.17, 15) is 0 Å². The molecule has 0 saturated heterocycles. The lowest BCUT2D eigenvalue weighted by atomic mass is 10.4. The Bertz CT molecular complexity index is 56.4. The number of hydrogen-bond acceptors (Lipinski definition) is 3. The SMILES string of the molecule is COC(C)CN(C)N. The van der Waals surface area contributed by atoms with E-state index in [0.717, 1.165) is 6.54 Å². The summed E-state index contributed by atoms with van der Waals surface area (Å²) in [5, 5.41) is 1.61. The monoisotopic (exact) mass is 118 g/mol. The molecule has 0 aromatic carbocycles. The van der Waals surface area contributed by atoms with Crippen LogP contribution in [-0.4, -0.2) is 31.8 Å². The average Bonchev–Trinajstić information content (AvgIpc) is 1.65. The zero-order chi connectivity index (χ0) is 6.57. The van der Waals surface area contributed by atoms with Gasteiger partial charge < -0.3 is 4.74 Å². The van der Waals surface area contributed by atoms with Crippen LogP contribution in [0.15, 0.2) is 0 Å². The summed E-state index contributed by atoms with van der Waals surface area (Å²) in [7, 11) is 3.49. The lowest BCUT2D eigenvalue weighted by Crippen LogP contribution is -2.33. The van der Waals surface area contributed by atoms with Gasteiger partial charge in [0.15, 0.2) is 0 Å². The summed E-state index contributed by atoms with van der Waals surface area (Å²) >= 11 is 0. The molecule has 0 rings (SSSR count). The summed E-state index contributed by atoms with van der Waals surface area (Å²) in [4.78, 5) is 0. The highest BCUT2D eigenvalue weighted by molar-refractivity contribution is 4.49. The predicted molar refractivity (Wildman–Crippen MR) is 33.3 cm³/mol. The zero-order valence-corrected chi connectivity index (χ0v) is 5.72. The molecule has 0 heterocycles. The van der Waals surface area contributed by atoms with Crippen molar-refractivity contribution in [1.82, 2.24) is 5.01 Å². The third-order valence-corrected chi connectivity index (χ3v) is 0.947. The zero-order valence-electron chi connectivity index (χ0n) is 5.72. The molecule has 2 N–H and O–H groups in total. The molecule has 0 bridgehead atoms. The highest BCUT2D eigenvalue weighted by Crippen LogP contribution is 1.85. The first-order valence-electron chi connectivity index (χ1n) is 2.65. The van der Waals surface area contributed by atoms with Gasteiger partial charge in [0.05, 0.1) is 6.10 Å². The van der Waals surface area contributed by atoms with Gasteiger partial charge in [-0.2, -0.15) is 0 Å². The smallest absolute Gasteiger partial charge is 0.0683 e. The molecule has 0 amide bonds. The van der Waals surface area contributed by atoms with Crippen molar-refractivity contribution in [2.45, 2.75) is 13.0 Å². The number of hydrazine groups is 1. The van der Waals surface area contributed by atoms with E-state index in [4.69, 9.17) is 10.6 Å². The Labute approximate surface area is 50.4 Å². The van der Waals surface area contributed by atoms with Crippen molar-refractivity contribution in [1.29, 1.82) is 0 Å². The number of likely N-dealkylation sites (N-methyl/N-ethyl adjacent to an activating group) is 1. The van der Waals surface area contributed by atoms with Gasteiger partial charge in [-0.05, 0) is 6.92 Å². The molecule has 0 radical (unpaired) electrons. The highest BCUT2D eigenvalue weighted by Gasteiger charge is 1.98. The standard InChI is InChI=1S/C5H14N2O/c1-5(8-3)4-7(2)6/h5H,4,6H2,1-3H3. The topological polar surface area (TPSA) is 38.5 Å². The van der Waals surface area contributed by atoms with E-state index in [1.54, 1.807) is 12.1 Å². The van der Waals surface area contributed by atoms with Crippen molar-refractivity contribution in [2.75, 3.05) is 20.7 Å². The van der Waals surface area contributed by atoms with E-state index in [1.807, 2.05) is 14.0 Å². The van der Waals surface area contributed by atoms with Gasteiger partial charge in [0.2, 0.25) is 0 Å². The van der Waals surface area contributed by atoms with Crippen molar-refractivity contribution in [3.63, 3.8) is 0 Å². The summed E-state index contributed by atoms with van der Waals surface area (Å²) in [6.45, 7) is 2.75. The van der Waals surface area contributed by atoms with E-state index in [2.05, 4.69) is 0 Å². The fourth-order valence-electron chi connectivity index (χ4n) is 0.480. The molecule has 0 aliphatic heterocycles. The quantitative estimate of drug-likeness (QED) is 0.413. The number of rotatable bonds is 3. The maximum Gasteiger partial charge on any atom is 0.0683 e. The van der Waals surface area contributed by atoms with Gasteiger partial charge >= 0.3 is 0 Å². The van der Waals surface area contributed by atoms with Crippen LogP contribution in [-0.2, 0) is 4.74 Å². The molecule has 1 unspecified atom stereocenters. The summed E-state index contributed by atoms with van der Waals surface area (Å²) in [6, 6.07) is 0. The highest BCUT2D eigenvalue weighted by atomic mass is 16.5. The van der Waals surface area contributed by atoms with E-state index in [1.165, 1.54) is 0 Å². The van der Waals surface area contributed by atoms with Gasteiger partial charge in [-0.25, -0.2) is 5.01 Å². The normalized spacial score (nSPS) is 14.6. The minimum atomic E-state index is 0.227. The van der Waals surface area contributed by atoms with Gasteiger partial charge in [0, 0.05) is 20.7 Å². The van der Waals surface area contributed by atoms with Crippen LogP contribution in [0.1, 0.15) is 6.92 Å². The summed E-state index contributed by atoms with van der Waals surface area (Å²) in [5.74, 6) is 5.32. The third-order valence-electron chi connectivity index (χ3n) is 0.947. The Kier molecular flexibility index (Phi) is 3.77. The van der Waals surface area contributed by atoms with Gasteiger partial charge in [0.1, 0.15) is 0 Å². The first-order chi connectivity index (χ1) is 3.66. The molecular weight excluding hydrogens is 104 g/mol. The Morgan fingerprint density at radius 1 is 1.75 bits per heavy atom. The second-order valence-corrected chi connectivity index (χ2v) is 1.99. The second kappa shape index (κ2) is 3.83. The van der Waals surface area contributed by atoms with Gasteiger partial charge in [-0.1, -0.05) is 0 Å². The Hall–Kier alpha value is -0.120. The van der Waals surface area contributed by atoms with E-state index < -0.39 is 0 Å². The Morgan fingerprint density at radius 3 is 2.38 bits per heavy atom. The van der Waals surface area contributed by atoms with Crippen LogP contribution >= 0.6 is 0 Å². The first-order valence-corrected chi connectivity index (χ1v) is 2.65. The molecule has 3 nitrogen and oxygen atoms in total. The van der Waals surface area contributed by atoms with Gasteiger partial charge in [0.25, 0.3) is 0 Å². The minimum Gasteiger partial charge on any atom is -0.380 e. The predicted octanol–water partition coefficient (Wildman–Crippen LogP) is -0.173. The number of methoxy groups -OCH3 is 1. The average molecular weight is 118 g/mol. The van der Waals surface area contributed by atoms with Gasteiger partial charge in [-0.15, -0.1) is 0 Å². The van der Waals surface area contributed by atoms with Crippen LogP contribution in [0.4, 0.5) is 0 Å². The maximum atomic E-state index is 5.32. The van der Waals surface area contributed by atoms with Crippen LogP contribution in [0.2, 0.25) is 0 Å². The van der Waals surface area contributed by atoms with Crippen molar-refractivity contribution >= 4 is 0 Å². The fourth-order valence-corrected chi connectivity index (χ4v) is 0.480. The molecule has 0 spiro atoms. The lowest BCUT2D eigenvalue weighted by molar-refractivity contribution is 0.0860. The Balaban J connectivity index is 3.10. The fraction of sp³-hybridized carbons (Fsp3) is 1.00. The summed E-state index contributed by atoms with van der Waals surface area (Å²) in [6.07, 6.45) is 0.227. The van der Waals surface area contributed by atoms with Crippen LogP contribution in [0.5, 0.6) is 0 Å². The molecule has 0 aliphatic rings. The van der Waals surface area contributed by atoms with Crippen LogP contribution < -0.4 is 5.84 Å². The molecule has 3 heteroatoms. The number of hydrogen-bond donors (Lipinski definition) is 1. The Morgan fingerprint density at radius 2 is 2.25 bits per heavy atom. The van der Waals surface area contributed by atoms with Gasteiger partial charge in [-0.3, -0.25) is 5.84 Å². The van der Waals surface area contributed by atoms with E-state index in [-0.39, 0.29) is 6.10 Å². The molecule has 0 aliphatic carbocycles. The van der Waals surface area contributed by atoms with Crippen LogP contribution in [0, 0.1) is 0 Å². The summed E-state index contributed by atoms with van der Waals surface area (Å²) < 4.78 is 4.94. The van der Waals surface area contributed by atoms with E-state index in [0.29, 0.717) is 0 Å². The minimum absolute atomic E-state index is 0.227. The largest absolute Gasteiger partial charge is 0.380 e. The third kappa shape index (κ3) is 4.05. The molecule has 50 valence electrons. The van der Waals surface area contributed by atoms with Crippen LogP contribution in [0.3, 0.4) is 0 Å². The number of nitrogens with two attached hydrogens (primary N) is 1. The molecule has 1 atom stereocenters. The molecule has 0 saturated carbocycles.